The molecule has 212 valence electrons. The molecule has 0 radical (unpaired) electrons. The van der Waals surface area contributed by atoms with Gasteiger partial charge >= 0.3 is 5.97 Å². The van der Waals surface area contributed by atoms with Gasteiger partial charge in [-0.1, -0.05) is 36.6 Å². The summed E-state index contributed by atoms with van der Waals surface area (Å²) in [6, 6.07) is 6.11. The fourth-order valence-electron chi connectivity index (χ4n) is 6.41. The maximum atomic E-state index is 14.4. The fourth-order valence-corrected chi connectivity index (χ4v) is 6.53. The zero-order valence-corrected chi connectivity index (χ0v) is 23.2. The maximum absolute atomic E-state index is 14.4. The van der Waals surface area contributed by atoms with Crippen LogP contribution < -0.4 is 4.90 Å². The predicted octanol–water partition coefficient (Wildman–Crippen LogP) is 4.30. The summed E-state index contributed by atoms with van der Waals surface area (Å²) >= 11 is 6.10. The van der Waals surface area contributed by atoms with E-state index in [1.54, 1.807) is 46.2 Å². The number of esters is 1. The molecule has 3 aliphatic rings. The van der Waals surface area contributed by atoms with E-state index in [1.165, 1.54) is 0 Å². The van der Waals surface area contributed by atoms with Gasteiger partial charge in [-0.2, -0.15) is 0 Å². The molecule has 2 bridgehead atoms. The summed E-state index contributed by atoms with van der Waals surface area (Å²) in [5.74, 6) is -2.40. The Labute approximate surface area is 235 Å². The van der Waals surface area contributed by atoms with Gasteiger partial charge in [-0.15, -0.1) is 13.2 Å². The molecule has 1 N–H and O–H groups in total. The van der Waals surface area contributed by atoms with Crippen molar-refractivity contribution in [3.63, 3.8) is 0 Å². The number of fused-ring (bicyclic) bond motifs is 1. The van der Waals surface area contributed by atoms with Crippen LogP contribution in [-0.2, 0) is 23.9 Å². The van der Waals surface area contributed by atoms with Gasteiger partial charge in [-0.25, -0.2) is 0 Å². The quantitative estimate of drug-likeness (QED) is 0.196. The Morgan fingerprint density at radius 3 is 2.59 bits per heavy atom. The van der Waals surface area contributed by atoms with Crippen molar-refractivity contribution in [2.75, 3.05) is 31.2 Å². The number of hydrogen-bond acceptors (Lipinski definition) is 6. The molecule has 0 aliphatic carbocycles. The number of ether oxygens (including phenoxy) is 2. The van der Waals surface area contributed by atoms with E-state index in [4.69, 9.17) is 26.2 Å². The van der Waals surface area contributed by atoms with E-state index in [0.717, 1.165) is 19.3 Å². The maximum Gasteiger partial charge on any atom is 0.312 e. The lowest BCUT2D eigenvalue weighted by atomic mass is 9.70. The zero-order valence-electron chi connectivity index (χ0n) is 22.4. The van der Waals surface area contributed by atoms with Crippen molar-refractivity contribution in [1.82, 2.24) is 4.90 Å². The van der Waals surface area contributed by atoms with Gasteiger partial charge in [0.25, 0.3) is 5.91 Å². The number of unbranched alkanes of at least 4 members (excludes halogenated alkanes) is 4. The number of aliphatic hydroxyl groups is 1. The highest BCUT2D eigenvalue weighted by Crippen LogP contribution is 2.59. The summed E-state index contributed by atoms with van der Waals surface area (Å²) in [4.78, 5) is 44.9. The van der Waals surface area contributed by atoms with Crippen LogP contribution in [0.25, 0.3) is 0 Å². The average Bonchev–Trinajstić information content (AvgIpc) is 3.57. The molecule has 0 saturated carbocycles. The molecule has 39 heavy (non-hydrogen) atoms. The van der Waals surface area contributed by atoms with Crippen molar-refractivity contribution in [2.45, 2.75) is 69.1 Å². The minimum Gasteiger partial charge on any atom is -0.465 e. The number of allylic oxidation sites excluding steroid dienone is 1. The highest BCUT2D eigenvalue weighted by molar-refractivity contribution is 6.30. The number of benzene rings is 1. The molecule has 0 aromatic heterocycles. The molecule has 2 unspecified atom stereocenters. The van der Waals surface area contributed by atoms with Gasteiger partial charge in [0.1, 0.15) is 11.6 Å². The van der Waals surface area contributed by atoms with Gasteiger partial charge in [0.05, 0.1) is 24.5 Å². The van der Waals surface area contributed by atoms with Crippen molar-refractivity contribution < 1.29 is 29.0 Å². The van der Waals surface area contributed by atoms with Gasteiger partial charge in [-0.05, 0) is 62.8 Å². The lowest BCUT2D eigenvalue weighted by Gasteiger charge is -2.36. The molecule has 2 amide bonds. The second-order valence-electron chi connectivity index (χ2n) is 10.5. The van der Waals surface area contributed by atoms with Crippen LogP contribution in [0.5, 0.6) is 0 Å². The van der Waals surface area contributed by atoms with Gasteiger partial charge in [0.15, 0.2) is 0 Å². The van der Waals surface area contributed by atoms with Gasteiger partial charge in [-0.3, -0.25) is 14.4 Å². The highest BCUT2D eigenvalue weighted by atomic mass is 35.5. The van der Waals surface area contributed by atoms with Gasteiger partial charge in [0.2, 0.25) is 5.91 Å². The Bertz CT molecular complexity index is 1060. The number of rotatable bonds is 15. The Morgan fingerprint density at radius 1 is 1.15 bits per heavy atom. The van der Waals surface area contributed by atoms with E-state index < -0.39 is 35.6 Å². The monoisotopic (exact) mass is 558 g/mol. The van der Waals surface area contributed by atoms with Crippen LogP contribution in [0.1, 0.15) is 51.4 Å². The molecule has 9 heteroatoms. The van der Waals surface area contributed by atoms with Crippen molar-refractivity contribution in [1.29, 1.82) is 0 Å². The zero-order chi connectivity index (χ0) is 28.0. The van der Waals surface area contributed by atoms with Crippen LogP contribution in [0.4, 0.5) is 5.69 Å². The number of hydrogen-bond donors (Lipinski definition) is 1. The first kappa shape index (κ1) is 29.3. The van der Waals surface area contributed by atoms with E-state index >= 15 is 0 Å². The molecule has 8 nitrogen and oxygen atoms in total. The highest BCUT2D eigenvalue weighted by Gasteiger charge is 2.75. The second-order valence-corrected chi connectivity index (χ2v) is 11.0. The third kappa shape index (κ3) is 5.79. The van der Waals surface area contributed by atoms with Crippen molar-refractivity contribution >= 4 is 35.1 Å². The van der Waals surface area contributed by atoms with Crippen LogP contribution in [0.2, 0.25) is 5.02 Å². The van der Waals surface area contributed by atoms with Crippen LogP contribution in [0.15, 0.2) is 49.6 Å². The van der Waals surface area contributed by atoms with Crippen molar-refractivity contribution in [2.24, 2.45) is 11.8 Å². The van der Waals surface area contributed by atoms with Gasteiger partial charge in [0, 0.05) is 30.4 Å². The third-order valence-electron chi connectivity index (χ3n) is 8.13. The first-order chi connectivity index (χ1) is 18.9. The minimum atomic E-state index is -1.08. The Balaban J connectivity index is 1.64. The number of carbonyl (C=O) groups excluding carboxylic acids is 3. The lowest BCUT2D eigenvalue weighted by Crippen LogP contribution is -2.56. The van der Waals surface area contributed by atoms with E-state index in [9.17, 15) is 14.4 Å². The summed E-state index contributed by atoms with van der Waals surface area (Å²) in [6.07, 6.45) is 8.49. The first-order valence-electron chi connectivity index (χ1n) is 13.9. The van der Waals surface area contributed by atoms with Crippen LogP contribution in [0, 0.1) is 11.8 Å². The molecular formula is C30H39ClN2O6. The lowest BCUT2D eigenvalue weighted by molar-refractivity contribution is -0.155. The first-order valence-corrected chi connectivity index (χ1v) is 14.3. The minimum absolute atomic E-state index is 0.123. The van der Waals surface area contributed by atoms with Crippen LogP contribution in [-0.4, -0.2) is 71.8 Å². The van der Waals surface area contributed by atoms with E-state index in [1.807, 2.05) is 0 Å². The molecule has 3 aliphatic heterocycles. The number of carbonyl (C=O) groups is 3. The number of halogens is 1. The van der Waals surface area contributed by atoms with Crippen LogP contribution >= 0.6 is 11.6 Å². The Hall–Kier alpha value is -2.68. The normalized spacial score (nSPS) is 26.9. The van der Waals surface area contributed by atoms with E-state index in [-0.39, 0.29) is 31.6 Å². The number of nitrogens with zero attached hydrogens (tertiary/aromatic N) is 2. The summed E-state index contributed by atoms with van der Waals surface area (Å²) in [5.41, 5.74) is -0.439. The van der Waals surface area contributed by atoms with Crippen molar-refractivity contribution in [3.8, 4) is 0 Å². The summed E-state index contributed by atoms with van der Waals surface area (Å²) in [6.45, 7) is 8.52. The van der Waals surface area contributed by atoms with Gasteiger partial charge < -0.3 is 24.4 Å². The molecule has 3 fully saturated rings. The molecular weight excluding hydrogens is 520 g/mol. The number of anilines is 1. The molecule has 4 rings (SSSR count). The largest absolute Gasteiger partial charge is 0.465 e. The molecule has 3 heterocycles. The molecule has 1 spiro atoms. The second kappa shape index (κ2) is 13.1. The third-order valence-corrected chi connectivity index (χ3v) is 8.38. The van der Waals surface area contributed by atoms with Crippen molar-refractivity contribution in [3.05, 3.63) is 54.6 Å². The predicted molar refractivity (Wildman–Crippen MR) is 149 cm³/mol. The Kier molecular flexibility index (Phi) is 9.86. The van der Waals surface area contributed by atoms with E-state index in [0.29, 0.717) is 49.4 Å². The van der Waals surface area contributed by atoms with Crippen LogP contribution in [0.3, 0.4) is 0 Å². The number of likely N-dealkylation sites (tertiary alicyclic amines) is 1. The number of amides is 2. The fraction of sp³-hybridized carbons (Fsp3) is 0.567. The number of aliphatic hydroxyl groups excluding tert-OH is 1. The molecule has 1 aromatic carbocycles. The topological polar surface area (TPSA) is 96.4 Å². The molecule has 1 aromatic rings. The molecule has 5 atom stereocenters. The summed E-state index contributed by atoms with van der Waals surface area (Å²) < 4.78 is 12.1. The molecule has 3 saturated heterocycles. The smallest absolute Gasteiger partial charge is 0.312 e. The average molecular weight is 559 g/mol. The summed E-state index contributed by atoms with van der Waals surface area (Å²) in [5, 5.41) is 9.68. The summed E-state index contributed by atoms with van der Waals surface area (Å²) in [7, 11) is 0. The Morgan fingerprint density at radius 2 is 1.90 bits per heavy atom. The van der Waals surface area contributed by atoms with E-state index in [2.05, 4.69) is 13.2 Å². The standard InChI is InChI=1S/C30H39ClN2O6/c1-3-5-10-20-38-29(37)24-23-15-16-30(39-23)25(24)27(35)33(18-8-6-7-9-19-34)26(30)28(36)32(17-4-2)22-13-11-21(31)12-14-22/h3-4,11-14,23-26,34H,1-2,5-10,15-20H2/t23-,24+,25+,26?,30?/m1/s1. The SMILES string of the molecule is C=CCCCOC(=O)[C@@H]1[C@H]2C(=O)N(CCCCCCO)C(C(=O)N(CC=C)c3ccc(Cl)cc3)C23CC[C@H]1O3.